The number of carbonyl (C=O) groups is 14. The van der Waals surface area contributed by atoms with Gasteiger partial charge in [-0.05, 0) is 38.7 Å². The molecule has 21 aliphatic heterocycles. The van der Waals surface area contributed by atoms with Gasteiger partial charge >= 0.3 is 83.6 Å². The van der Waals surface area contributed by atoms with Gasteiger partial charge in [0.15, 0.2) is 129 Å². The zero-order valence-corrected chi connectivity index (χ0v) is 72.7. The Balaban J connectivity index is 1.49. The molecule has 21 saturated heterocycles. The largest absolute Gasteiger partial charge is 0.455 e. The second kappa shape index (κ2) is 49.6. The number of rotatable bonds is 28. The zero-order valence-electron chi connectivity index (χ0n) is 72.7. The van der Waals surface area contributed by atoms with E-state index in [1.54, 1.807) is 0 Å². The van der Waals surface area contributed by atoms with Crippen molar-refractivity contribution in [2.45, 2.75) is 312 Å². The second-order valence-corrected chi connectivity index (χ2v) is 29.4. The summed E-state index contributed by atoms with van der Waals surface area (Å²) in [6.07, 6.45) is -79.7. The molecule has 0 aliphatic carbocycles. The lowest BCUT2D eigenvalue weighted by Gasteiger charge is -2.52. The van der Waals surface area contributed by atoms with Crippen molar-refractivity contribution in [1.29, 1.82) is 0 Å². The van der Waals surface area contributed by atoms with Crippen molar-refractivity contribution < 1.29 is 200 Å². The topological polar surface area (TPSA) is 839 Å². The molecule has 14 bridgehead atoms. The third-order valence-corrected chi connectivity index (χ3v) is 19.7. The number of hydrogen-bond donors (Lipinski definition) is 0. The standard InChI is InChI=1S/C70H91N21O42/c1-22(92)106-50-43-36(15-78-85-71)120-64(57(50)113-29(8)99)128-44-37(16-79-86-72)122-66(59(115-31(10)101)51(44)107-23(2)93)130-46-39(18-81-88-74)124-68(61(117-33(12)103)53(46)109-25(4)95)132-48-41(20-83-90-76)126-70(63(119-35(14)105)55(48)111-27(6)97)133-49-42(21-84-91-77)125-69(62(118-34(13)104)56(49)112-28(7)98)131-47-40(19-82-89-75)123-67(60(116-32(11)102)54(47)110-26(5)96)129-45-38(17-80-87-73)121-65(127-43)58(114-30(9)100)52(45)108-24(3)94/h36-70H,15-21H2,1-14H3/t36?,37?,38?,39?,40?,41?,42?,43-,44-,45-,46-,47-,48-,49+,50+,51-,52+,53-,54+,55+,56+,57?,58?,59?,60?,61?,62?,63?,64-,65-,66+,67-,68+,69-,70+/m1/s1. The van der Waals surface area contributed by atoms with Crippen molar-refractivity contribution in [2.24, 2.45) is 35.8 Å². The van der Waals surface area contributed by atoms with Crippen molar-refractivity contribution in [3.8, 4) is 0 Å². The molecule has 0 aromatic heterocycles. The average molecular weight is 1900 g/mol. The van der Waals surface area contributed by atoms with Crippen LogP contribution >= 0.6 is 0 Å². The van der Waals surface area contributed by atoms with E-state index in [9.17, 15) is 106 Å². The van der Waals surface area contributed by atoms with E-state index in [1.165, 1.54) is 0 Å². The highest BCUT2D eigenvalue weighted by Gasteiger charge is 2.66. The fourth-order valence-electron chi connectivity index (χ4n) is 15.5. The number of ether oxygens (including phenoxy) is 28. The van der Waals surface area contributed by atoms with Crippen molar-refractivity contribution in [3.63, 3.8) is 0 Å². The van der Waals surface area contributed by atoms with Crippen LogP contribution in [-0.4, -0.2) is 344 Å². The third-order valence-electron chi connectivity index (χ3n) is 19.7. The summed E-state index contributed by atoms with van der Waals surface area (Å²) in [5.41, 5.74) is 70.3. The van der Waals surface area contributed by atoms with Crippen LogP contribution in [0.1, 0.15) is 96.9 Å². The summed E-state index contributed by atoms with van der Waals surface area (Å²) in [6.45, 7) is 3.94. The molecule has 14 unspecified atom stereocenters. The molecular weight excluding hydrogens is 1810 g/mol. The van der Waals surface area contributed by atoms with Gasteiger partial charge in [-0.25, -0.2) is 0 Å². The minimum atomic E-state index is -2.42. The fourth-order valence-corrected chi connectivity index (χ4v) is 15.5. The Morgan fingerprint density at radius 1 is 0.173 bits per heavy atom. The molecule has 21 fully saturated rings. The first-order valence-electron chi connectivity index (χ1n) is 39.8. The molecule has 0 spiro atoms. The van der Waals surface area contributed by atoms with Gasteiger partial charge in [-0.15, -0.1) is 0 Å². The summed E-state index contributed by atoms with van der Waals surface area (Å²) in [5.74, 6) is -18.1. The van der Waals surface area contributed by atoms with Gasteiger partial charge in [0.05, 0.1) is 88.5 Å². The Morgan fingerprint density at radius 3 is 0.346 bits per heavy atom. The molecule has 35 atom stereocenters. The van der Waals surface area contributed by atoms with E-state index in [2.05, 4.69) is 70.2 Å². The van der Waals surface area contributed by atoms with E-state index in [1.807, 2.05) is 0 Å². The molecule has 0 aromatic carbocycles. The fraction of sp³-hybridized carbons (Fsp3) is 0.800. The van der Waals surface area contributed by atoms with E-state index in [4.69, 9.17) is 133 Å². The normalized spacial score (nSPS) is 35.6. The van der Waals surface area contributed by atoms with E-state index < -0.39 is 344 Å². The van der Waals surface area contributed by atoms with Crippen LogP contribution in [0.25, 0.3) is 73.1 Å². The van der Waals surface area contributed by atoms with Gasteiger partial charge < -0.3 is 133 Å². The van der Waals surface area contributed by atoms with Gasteiger partial charge in [-0.2, -0.15) is 0 Å². The van der Waals surface area contributed by atoms with Crippen molar-refractivity contribution in [2.75, 3.05) is 45.8 Å². The average Bonchev–Trinajstić information content (AvgIpc) is 0.857. The first-order valence-corrected chi connectivity index (χ1v) is 39.8. The van der Waals surface area contributed by atoms with Crippen molar-refractivity contribution >= 4 is 83.6 Å². The van der Waals surface area contributed by atoms with Crippen LogP contribution in [0.15, 0.2) is 35.8 Å². The molecule has 21 aliphatic rings. The molecule has 133 heavy (non-hydrogen) atoms. The number of esters is 14. The third kappa shape index (κ3) is 28.6. The lowest BCUT2D eigenvalue weighted by Crippen LogP contribution is -2.70. The molecule has 0 N–H and O–H groups in total. The Labute approximate surface area is 747 Å². The summed E-state index contributed by atoms with van der Waals surface area (Å²) in [6, 6.07) is 0. The van der Waals surface area contributed by atoms with Crippen LogP contribution in [0.2, 0.25) is 0 Å². The first-order chi connectivity index (χ1) is 63.2. The SMILES string of the molecule is CC(=O)OC1[C@@H]2OC(CN=[N+]=[N-])[C@@H](O[C@H]3OC(CN=[N+]=[N-])[C@@H](O[C@H]4OC(CN=[N+]=[N-])[C@H](O[C@@H]5OC(CN=[N+]=[N-])[C@@H](O[C@@H]6OC(CN=[N+]=[N-])[C@@H](O[C@@H]7OC(CN=[N+]=[N-])[C@@H](O[C@H]8OC(CN=[N+]=[N-])[C@@H](O2)[C@H](OC(C)=O)C8OC(C)=O)[C@@H](OC(C)=O)C7OC(C)=O)[C@@H](OC(C)=O)C6OC(C)=O)[C@H](OC(C)=O)C5OC(C)=O)[C@H](OC(C)=O)C4OC(C)=O)[C@H](OC(C)=O)C3OC(C)=O)[C@@H]1OC(C)=O. The monoisotopic (exact) mass is 1900 g/mol. The molecular formula is C70H91N21O42. The van der Waals surface area contributed by atoms with Crippen molar-refractivity contribution in [1.82, 2.24) is 0 Å². The molecule has 728 valence electrons. The minimum Gasteiger partial charge on any atom is -0.455 e. The highest BCUT2D eigenvalue weighted by Crippen LogP contribution is 2.45. The van der Waals surface area contributed by atoms with Gasteiger partial charge in [0, 0.05) is 131 Å². The zero-order chi connectivity index (χ0) is 97.9. The number of nitrogens with zero attached hydrogens (tertiary/aromatic N) is 21. The summed E-state index contributed by atoms with van der Waals surface area (Å²) in [4.78, 5) is 213. The summed E-state index contributed by atoms with van der Waals surface area (Å²) < 4.78 is 174. The van der Waals surface area contributed by atoms with Crippen LogP contribution in [0.4, 0.5) is 0 Å². The van der Waals surface area contributed by atoms with E-state index in [-0.39, 0.29) is 0 Å². The molecule has 0 radical (unpaired) electrons. The lowest BCUT2D eigenvalue weighted by molar-refractivity contribution is -0.391. The Bertz CT molecular complexity index is 3830. The van der Waals surface area contributed by atoms with Crippen molar-refractivity contribution in [3.05, 3.63) is 73.1 Å². The van der Waals surface area contributed by atoms with Crippen LogP contribution in [0, 0.1) is 0 Å². The van der Waals surface area contributed by atoms with Gasteiger partial charge in [-0.3, -0.25) is 67.1 Å². The van der Waals surface area contributed by atoms with E-state index in [0.29, 0.717) is 0 Å². The van der Waals surface area contributed by atoms with Gasteiger partial charge in [0.2, 0.25) is 0 Å². The highest BCUT2D eigenvalue weighted by atomic mass is 16.8. The highest BCUT2D eigenvalue weighted by molar-refractivity contribution is 5.72. The minimum absolute atomic E-state index is 0.796. The Kier molecular flexibility index (Phi) is 39.4. The molecule has 21 heterocycles. The van der Waals surface area contributed by atoms with Gasteiger partial charge in [-0.1, -0.05) is 35.8 Å². The second-order valence-electron chi connectivity index (χ2n) is 29.4. The molecule has 0 aromatic rings. The molecule has 0 saturated carbocycles. The number of hydrogen-bond acceptors (Lipinski definition) is 49. The quantitative estimate of drug-likeness (QED) is 0.0355. The molecule has 0 amide bonds. The first kappa shape index (κ1) is 106. The smallest absolute Gasteiger partial charge is 0.303 e. The lowest BCUT2D eigenvalue weighted by atomic mass is 9.94. The predicted molar refractivity (Wildman–Crippen MR) is 411 cm³/mol. The van der Waals surface area contributed by atoms with Crippen LogP contribution in [-0.2, 0) is 200 Å². The summed E-state index contributed by atoms with van der Waals surface area (Å²) in [5, 5.41) is 25.5. The molecule has 63 heteroatoms. The van der Waals surface area contributed by atoms with Crippen LogP contribution in [0.3, 0.4) is 0 Å². The number of carbonyl (C=O) groups excluding carboxylic acids is 14. The summed E-state index contributed by atoms with van der Waals surface area (Å²) >= 11 is 0. The Morgan fingerprint density at radius 2 is 0.263 bits per heavy atom. The summed E-state index contributed by atoms with van der Waals surface area (Å²) in [7, 11) is 0. The Hall–Kier alpha value is -12.8. The van der Waals surface area contributed by atoms with E-state index in [0.717, 1.165) is 96.9 Å². The van der Waals surface area contributed by atoms with Gasteiger partial charge in [0.1, 0.15) is 42.7 Å². The maximum absolute atomic E-state index is 13.8. The maximum Gasteiger partial charge on any atom is 0.303 e. The van der Waals surface area contributed by atoms with E-state index >= 15 is 0 Å². The van der Waals surface area contributed by atoms with Crippen LogP contribution in [0.5, 0.6) is 0 Å². The molecule has 63 nitrogen and oxygen atoms in total. The number of azide groups is 7. The maximum atomic E-state index is 13.8. The van der Waals surface area contributed by atoms with Crippen LogP contribution < -0.4 is 0 Å². The molecule has 21 rings (SSSR count). The predicted octanol–water partition coefficient (Wildman–Crippen LogP) is 1.99. The van der Waals surface area contributed by atoms with Gasteiger partial charge in [0.25, 0.3) is 0 Å².